The lowest BCUT2D eigenvalue weighted by atomic mass is 9.81. The second kappa shape index (κ2) is 8.47. The van der Waals surface area contributed by atoms with Gasteiger partial charge in [-0.2, -0.15) is 12.6 Å². The molecule has 0 aromatic heterocycles. The molecule has 1 aliphatic carbocycles. The first kappa shape index (κ1) is 16.4. The van der Waals surface area contributed by atoms with Crippen LogP contribution < -0.4 is 5.32 Å². The predicted molar refractivity (Wildman–Crippen MR) is 91.7 cm³/mol. The lowest BCUT2D eigenvalue weighted by Gasteiger charge is -2.26. The minimum Gasteiger partial charge on any atom is -0.355 e. The van der Waals surface area contributed by atoms with E-state index in [0.717, 1.165) is 30.4 Å². The molecule has 116 valence electrons. The minimum absolute atomic E-state index is 0.0612. The van der Waals surface area contributed by atoms with E-state index in [1.807, 2.05) is 30.3 Å². The van der Waals surface area contributed by atoms with Gasteiger partial charge in [-0.15, -0.1) is 0 Å². The van der Waals surface area contributed by atoms with Crippen molar-refractivity contribution in [1.82, 2.24) is 5.32 Å². The topological polar surface area (TPSA) is 29.1 Å². The van der Waals surface area contributed by atoms with Crippen molar-refractivity contribution in [3.63, 3.8) is 0 Å². The van der Waals surface area contributed by atoms with Crippen LogP contribution in [0.5, 0.6) is 0 Å². The molecule has 1 aliphatic rings. The number of hydrogen-bond acceptors (Lipinski definition) is 2. The summed E-state index contributed by atoms with van der Waals surface area (Å²) in [5.74, 6) is 1.71. The fourth-order valence-corrected chi connectivity index (χ4v) is 3.57. The summed E-state index contributed by atoms with van der Waals surface area (Å²) in [6.07, 6.45) is 7.18. The second-order valence-electron chi connectivity index (χ2n) is 6.42. The third-order valence-electron chi connectivity index (χ3n) is 4.47. The fourth-order valence-electron chi connectivity index (χ4n) is 3.27. The molecule has 0 aliphatic heterocycles. The van der Waals surface area contributed by atoms with Gasteiger partial charge in [-0.25, -0.2) is 0 Å². The quantitative estimate of drug-likeness (QED) is 0.768. The third kappa shape index (κ3) is 5.74. The van der Waals surface area contributed by atoms with Crippen molar-refractivity contribution in [3.8, 4) is 0 Å². The minimum atomic E-state index is -0.252. The maximum absolute atomic E-state index is 12.1. The average Bonchev–Trinajstić information content (AvgIpc) is 2.48. The van der Waals surface area contributed by atoms with Crippen molar-refractivity contribution in [2.75, 3.05) is 6.54 Å². The summed E-state index contributed by atoms with van der Waals surface area (Å²) in [4.78, 5) is 12.1. The van der Waals surface area contributed by atoms with Gasteiger partial charge in [0.15, 0.2) is 0 Å². The highest BCUT2D eigenvalue weighted by Crippen LogP contribution is 2.30. The zero-order chi connectivity index (χ0) is 15.1. The third-order valence-corrected chi connectivity index (χ3v) is 4.89. The van der Waals surface area contributed by atoms with Crippen LogP contribution >= 0.6 is 12.6 Å². The van der Waals surface area contributed by atoms with Gasteiger partial charge >= 0.3 is 0 Å². The summed E-state index contributed by atoms with van der Waals surface area (Å²) < 4.78 is 0. The molecular formula is C18H27NOS. The molecule has 0 saturated heterocycles. The van der Waals surface area contributed by atoms with Gasteiger partial charge in [-0.3, -0.25) is 4.79 Å². The molecule has 3 heteroatoms. The Morgan fingerprint density at radius 1 is 1.33 bits per heavy atom. The van der Waals surface area contributed by atoms with Gasteiger partial charge in [-0.1, -0.05) is 56.5 Å². The first-order valence-corrected chi connectivity index (χ1v) is 8.66. The van der Waals surface area contributed by atoms with Gasteiger partial charge in [0.25, 0.3) is 0 Å². The van der Waals surface area contributed by atoms with Gasteiger partial charge in [0, 0.05) is 6.54 Å². The molecule has 1 fully saturated rings. The van der Waals surface area contributed by atoms with Crippen molar-refractivity contribution in [2.24, 2.45) is 11.8 Å². The molecule has 0 bridgehead atoms. The Hall–Kier alpha value is -0.960. The highest BCUT2D eigenvalue weighted by Gasteiger charge is 2.19. The standard InChI is InChI=1S/C18H27NOS/c1-14-6-5-9-16(12-14)10-11-19-18(20)17(21)13-15-7-3-2-4-8-15/h2-4,7-8,14,16-17,21H,5-6,9-13H2,1H3,(H,19,20). The van der Waals surface area contributed by atoms with Crippen LogP contribution in [0.1, 0.15) is 44.6 Å². The Balaban J connectivity index is 1.67. The van der Waals surface area contributed by atoms with Gasteiger partial charge in [-0.05, 0) is 36.7 Å². The Kier molecular flexibility index (Phi) is 6.62. The number of rotatable bonds is 6. The molecule has 2 nitrogen and oxygen atoms in total. The number of benzene rings is 1. The van der Waals surface area contributed by atoms with Crippen LogP contribution in [-0.4, -0.2) is 17.7 Å². The molecule has 1 saturated carbocycles. The fraction of sp³-hybridized carbons (Fsp3) is 0.611. The van der Waals surface area contributed by atoms with Gasteiger partial charge in [0.05, 0.1) is 5.25 Å². The van der Waals surface area contributed by atoms with Crippen LogP contribution in [0.3, 0.4) is 0 Å². The average molecular weight is 305 g/mol. The zero-order valence-corrected chi connectivity index (χ0v) is 13.8. The first-order chi connectivity index (χ1) is 10.1. The summed E-state index contributed by atoms with van der Waals surface area (Å²) in [5.41, 5.74) is 1.16. The molecule has 0 spiro atoms. The molecule has 0 heterocycles. The number of thiol groups is 1. The SMILES string of the molecule is CC1CCCC(CCNC(=O)C(S)Cc2ccccc2)C1. The van der Waals surface area contributed by atoms with Gasteiger partial charge in [0.2, 0.25) is 5.91 Å². The van der Waals surface area contributed by atoms with Gasteiger partial charge < -0.3 is 5.32 Å². The smallest absolute Gasteiger partial charge is 0.233 e. The Labute approximate surface area is 134 Å². The molecule has 0 radical (unpaired) electrons. The Morgan fingerprint density at radius 3 is 2.81 bits per heavy atom. The lowest BCUT2D eigenvalue weighted by molar-refractivity contribution is -0.120. The summed E-state index contributed by atoms with van der Waals surface area (Å²) >= 11 is 4.44. The number of hydrogen-bond donors (Lipinski definition) is 2. The highest BCUT2D eigenvalue weighted by molar-refractivity contribution is 7.81. The summed E-state index contributed by atoms with van der Waals surface area (Å²) in [6, 6.07) is 10.1. The maximum Gasteiger partial charge on any atom is 0.233 e. The van der Waals surface area contributed by atoms with E-state index in [-0.39, 0.29) is 11.2 Å². The molecule has 3 atom stereocenters. The Morgan fingerprint density at radius 2 is 2.10 bits per heavy atom. The van der Waals surface area contributed by atoms with E-state index < -0.39 is 0 Å². The monoisotopic (exact) mass is 305 g/mol. The van der Waals surface area contributed by atoms with Crippen molar-refractivity contribution in [2.45, 2.75) is 50.7 Å². The van der Waals surface area contributed by atoms with E-state index in [0.29, 0.717) is 6.42 Å². The van der Waals surface area contributed by atoms with E-state index >= 15 is 0 Å². The maximum atomic E-state index is 12.1. The van der Waals surface area contributed by atoms with Gasteiger partial charge in [0.1, 0.15) is 0 Å². The van der Waals surface area contributed by atoms with Crippen LogP contribution in [0.4, 0.5) is 0 Å². The summed E-state index contributed by atoms with van der Waals surface area (Å²) in [5, 5.41) is 2.80. The summed E-state index contributed by atoms with van der Waals surface area (Å²) in [6.45, 7) is 3.14. The number of carbonyl (C=O) groups excluding carboxylic acids is 1. The Bertz CT molecular complexity index is 434. The zero-order valence-electron chi connectivity index (χ0n) is 12.9. The normalized spacial score (nSPS) is 23.5. The number of nitrogens with one attached hydrogen (secondary N) is 1. The number of amides is 1. The molecule has 1 N–H and O–H groups in total. The van der Waals surface area contributed by atoms with Crippen molar-refractivity contribution in [3.05, 3.63) is 35.9 Å². The van der Waals surface area contributed by atoms with Crippen LogP contribution in [0.15, 0.2) is 30.3 Å². The largest absolute Gasteiger partial charge is 0.355 e. The second-order valence-corrected chi connectivity index (χ2v) is 7.05. The summed E-state index contributed by atoms with van der Waals surface area (Å²) in [7, 11) is 0. The molecule has 1 amide bonds. The number of carbonyl (C=O) groups is 1. The van der Waals surface area contributed by atoms with Crippen LogP contribution in [0, 0.1) is 11.8 Å². The van der Waals surface area contributed by atoms with Crippen molar-refractivity contribution >= 4 is 18.5 Å². The molecule has 1 aromatic carbocycles. The van der Waals surface area contributed by atoms with E-state index in [1.165, 1.54) is 25.7 Å². The molecule has 1 aromatic rings. The van der Waals surface area contributed by atoms with E-state index in [4.69, 9.17) is 0 Å². The van der Waals surface area contributed by atoms with Crippen LogP contribution in [-0.2, 0) is 11.2 Å². The molecular weight excluding hydrogens is 278 g/mol. The molecule has 2 rings (SSSR count). The predicted octanol–water partition coefficient (Wildman–Crippen LogP) is 3.86. The highest BCUT2D eigenvalue weighted by atomic mass is 32.1. The van der Waals surface area contributed by atoms with Crippen molar-refractivity contribution in [1.29, 1.82) is 0 Å². The van der Waals surface area contributed by atoms with E-state index in [2.05, 4.69) is 24.9 Å². The molecule has 21 heavy (non-hydrogen) atoms. The van der Waals surface area contributed by atoms with E-state index in [9.17, 15) is 4.79 Å². The van der Waals surface area contributed by atoms with E-state index in [1.54, 1.807) is 0 Å². The lowest BCUT2D eigenvalue weighted by Crippen LogP contribution is -2.34. The van der Waals surface area contributed by atoms with Crippen LogP contribution in [0.25, 0.3) is 0 Å². The van der Waals surface area contributed by atoms with Crippen LogP contribution in [0.2, 0.25) is 0 Å². The first-order valence-electron chi connectivity index (χ1n) is 8.15. The molecule has 3 unspecified atom stereocenters. The van der Waals surface area contributed by atoms with Crippen molar-refractivity contribution < 1.29 is 4.79 Å².